The molecule has 0 saturated carbocycles. The van der Waals surface area contributed by atoms with Crippen LogP contribution < -0.4 is 0 Å². The molecule has 0 atom stereocenters. The number of hydrogen-bond donors (Lipinski definition) is 1. The third-order valence-electron chi connectivity index (χ3n) is 1.75. The van der Waals surface area contributed by atoms with Crippen molar-refractivity contribution in [2.24, 2.45) is 4.99 Å². The lowest BCUT2D eigenvalue weighted by atomic mass is 10.3. The second-order valence-corrected chi connectivity index (χ2v) is 4.38. The molecule has 5 heteroatoms. The summed E-state index contributed by atoms with van der Waals surface area (Å²) in [6, 6.07) is 1.95. The zero-order valence-electron chi connectivity index (χ0n) is 6.81. The summed E-state index contributed by atoms with van der Waals surface area (Å²) < 4.78 is 7.31. The highest BCUT2D eigenvalue weighted by atomic mass is 79.9. The molecule has 1 aliphatic heterocycles. The van der Waals surface area contributed by atoms with Crippen LogP contribution in [0.15, 0.2) is 20.1 Å². The first-order valence-electron chi connectivity index (χ1n) is 3.99. The largest absolute Gasteiger partial charge is 0.476 e. The lowest BCUT2D eigenvalue weighted by Crippen LogP contribution is -2.14. The molecule has 2 heterocycles. The minimum Gasteiger partial charge on any atom is -0.476 e. The van der Waals surface area contributed by atoms with Gasteiger partial charge in [-0.2, -0.15) is 0 Å². The number of halogens is 2. The molecule has 1 N–H and O–H groups in total. The Bertz CT molecular complexity index is 326. The third kappa shape index (κ3) is 1.96. The first-order chi connectivity index (χ1) is 6.27. The predicted octanol–water partition coefficient (Wildman–Crippen LogP) is 2.71. The fourth-order valence-electron chi connectivity index (χ4n) is 1.14. The van der Waals surface area contributed by atoms with Crippen molar-refractivity contribution in [2.45, 2.75) is 6.42 Å². The second-order valence-electron chi connectivity index (χ2n) is 2.73. The second kappa shape index (κ2) is 3.84. The zero-order chi connectivity index (χ0) is 9.26. The zero-order valence-corrected chi connectivity index (χ0v) is 9.98. The van der Waals surface area contributed by atoms with Crippen molar-refractivity contribution < 1.29 is 4.74 Å². The van der Waals surface area contributed by atoms with Crippen LogP contribution in [0.1, 0.15) is 12.1 Å². The molecule has 2 rings (SSSR count). The lowest BCUT2D eigenvalue weighted by molar-refractivity contribution is 0.283. The Morgan fingerprint density at radius 1 is 1.46 bits per heavy atom. The quantitative estimate of drug-likeness (QED) is 0.851. The average Bonchev–Trinajstić information content (AvgIpc) is 2.49. The molecule has 1 aromatic heterocycles. The summed E-state index contributed by atoms with van der Waals surface area (Å²) in [6.45, 7) is 1.61. The van der Waals surface area contributed by atoms with Crippen molar-refractivity contribution in [3.05, 3.63) is 20.8 Å². The standard InChI is InChI=1S/C8H8Br2N2O/c9-5-4-6(12-7(5)10)8-11-2-1-3-13-8/h4,12H,1-3H2. The lowest BCUT2D eigenvalue weighted by Gasteiger charge is -2.11. The van der Waals surface area contributed by atoms with E-state index in [9.17, 15) is 0 Å². The molecule has 0 amide bonds. The van der Waals surface area contributed by atoms with Crippen molar-refractivity contribution in [1.29, 1.82) is 0 Å². The van der Waals surface area contributed by atoms with E-state index >= 15 is 0 Å². The summed E-state index contributed by atoms with van der Waals surface area (Å²) in [7, 11) is 0. The molecule has 0 spiro atoms. The summed E-state index contributed by atoms with van der Waals surface area (Å²) in [5, 5.41) is 0. The average molecular weight is 308 g/mol. The van der Waals surface area contributed by atoms with Crippen molar-refractivity contribution in [2.75, 3.05) is 13.2 Å². The number of rotatable bonds is 1. The molecule has 0 aromatic carbocycles. The van der Waals surface area contributed by atoms with E-state index in [1.807, 2.05) is 6.07 Å². The highest BCUT2D eigenvalue weighted by molar-refractivity contribution is 9.13. The minimum absolute atomic E-state index is 0.706. The Morgan fingerprint density at radius 3 is 2.85 bits per heavy atom. The van der Waals surface area contributed by atoms with Crippen LogP contribution in [-0.4, -0.2) is 24.0 Å². The molecular weight excluding hydrogens is 300 g/mol. The molecule has 3 nitrogen and oxygen atoms in total. The van der Waals surface area contributed by atoms with E-state index in [1.54, 1.807) is 0 Å². The highest BCUT2D eigenvalue weighted by Gasteiger charge is 2.12. The van der Waals surface area contributed by atoms with Crippen LogP contribution in [0.4, 0.5) is 0 Å². The molecule has 0 radical (unpaired) electrons. The fraction of sp³-hybridized carbons (Fsp3) is 0.375. The normalized spacial score (nSPS) is 16.6. The van der Waals surface area contributed by atoms with Gasteiger partial charge in [0.25, 0.3) is 0 Å². The van der Waals surface area contributed by atoms with E-state index in [1.165, 1.54) is 0 Å². The van der Waals surface area contributed by atoms with Crippen molar-refractivity contribution in [3.63, 3.8) is 0 Å². The summed E-state index contributed by atoms with van der Waals surface area (Å²) in [5.74, 6) is 0.706. The van der Waals surface area contributed by atoms with Gasteiger partial charge in [0.1, 0.15) is 5.69 Å². The summed E-state index contributed by atoms with van der Waals surface area (Å²) in [4.78, 5) is 7.40. The summed E-state index contributed by atoms with van der Waals surface area (Å²) in [6.07, 6.45) is 1.01. The van der Waals surface area contributed by atoms with E-state index in [-0.39, 0.29) is 0 Å². The molecule has 0 bridgehead atoms. The molecule has 70 valence electrons. The number of hydrogen-bond acceptors (Lipinski definition) is 2. The predicted molar refractivity (Wildman–Crippen MR) is 58.2 cm³/mol. The number of ether oxygens (including phenoxy) is 1. The van der Waals surface area contributed by atoms with Gasteiger partial charge in [-0.15, -0.1) is 0 Å². The van der Waals surface area contributed by atoms with Gasteiger partial charge in [0, 0.05) is 13.0 Å². The maximum atomic E-state index is 5.41. The van der Waals surface area contributed by atoms with E-state index in [0.717, 1.165) is 34.3 Å². The number of H-pyrrole nitrogens is 1. The smallest absolute Gasteiger partial charge is 0.233 e. The SMILES string of the molecule is Brc1cc(C2=NCCCO2)[nH]c1Br. The van der Waals surface area contributed by atoms with Crippen LogP contribution in [0.5, 0.6) is 0 Å². The van der Waals surface area contributed by atoms with Crippen LogP contribution in [0, 0.1) is 0 Å². The van der Waals surface area contributed by atoms with E-state index in [4.69, 9.17) is 4.74 Å². The molecule has 0 fully saturated rings. The molecule has 13 heavy (non-hydrogen) atoms. The minimum atomic E-state index is 0.706. The van der Waals surface area contributed by atoms with Gasteiger partial charge in [-0.05, 0) is 37.9 Å². The fourth-order valence-corrected chi connectivity index (χ4v) is 1.80. The molecule has 0 saturated heterocycles. The Morgan fingerprint density at radius 2 is 2.31 bits per heavy atom. The Hall–Kier alpha value is -0.290. The van der Waals surface area contributed by atoms with Gasteiger partial charge in [0.2, 0.25) is 5.90 Å². The van der Waals surface area contributed by atoms with Gasteiger partial charge in [0.15, 0.2) is 0 Å². The van der Waals surface area contributed by atoms with Crippen LogP contribution in [0.3, 0.4) is 0 Å². The molecule has 1 aliphatic rings. The van der Waals surface area contributed by atoms with Gasteiger partial charge in [0.05, 0.1) is 15.7 Å². The van der Waals surface area contributed by atoms with Gasteiger partial charge < -0.3 is 9.72 Å². The number of aromatic amines is 1. The van der Waals surface area contributed by atoms with E-state index < -0.39 is 0 Å². The van der Waals surface area contributed by atoms with Crippen molar-refractivity contribution in [1.82, 2.24) is 4.98 Å². The maximum absolute atomic E-state index is 5.41. The number of aromatic nitrogens is 1. The Balaban J connectivity index is 2.29. The van der Waals surface area contributed by atoms with Gasteiger partial charge in [-0.1, -0.05) is 0 Å². The van der Waals surface area contributed by atoms with Crippen LogP contribution >= 0.6 is 31.9 Å². The Kier molecular flexibility index (Phi) is 2.74. The number of nitrogens with zero attached hydrogens (tertiary/aromatic N) is 1. The molecule has 0 aliphatic carbocycles. The molecule has 1 aromatic rings. The van der Waals surface area contributed by atoms with E-state index in [0.29, 0.717) is 5.90 Å². The highest BCUT2D eigenvalue weighted by Crippen LogP contribution is 2.24. The monoisotopic (exact) mass is 306 g/mol. The van der Waals surface area contributed by atoms with Gasteiger partial charge >= 0.3 is 0 Å². The van der Waals surface area contributed by atoms with E-state index in [2.05, 4.69) is 41.8 Å². The molecular formula is C8H8Br2N2O. The third-order valence-corrected chi connectivity index (χ3v) is 3.54. The van der Waals surface area contributed by atoms with Gasteiger partial charge in [-0.3, -0.25) is 0 Å². The first-order valence-corrected chi connectivity index (χ1v) is 5.57. The number of aliphatic imine (C=N–C) groups is 1. The summed E-state index contributed by atoms with van der Waals surface area (Å²) in [5.41, 5.74) is 0.915. The van der Waals surface area contributed by atoms with Crippen LogP contribution in [0.25, 0.3) is 0 Å². The van der Waals surface area contributed by atoms with Crippen LogP contribution in [0.2, 0.25) is 0 Å². The maximum Gasteiger partial charge on any atom is 0.233 e. The molecule has 0 unspecified atom stereocenters. The number of nitrogens with one attached hydrogen (secondary N) is 1. The summed E-state index contributed by atoms with van der Waals surface area (Å²) >= 11 is 6.76. The topological polar surface area (TPSA) is 37.4 Å². The van der Waals surface area contributed by atoms with Gasteiger partial charge in [-0.25, -0.2) is 4.99 Å². The Labute approximate surface area is 92.8 Å². The van der Waals surface area contributed by atoms with Crippen molar-refractivity contribution >= 4 is 37.8 Å². The van der Waals surface area contributed by atoms with Crippen LogP contribution in [-0.2, 0) is 4.74 Å². The first kappa shape index (κ1) is 9.27. The van der Waals surface area contributed by atoms with Crippen molar-refractivity contribution in [3.8, 4) is 0 Å².